The number of halogens is 2. The average molecular weight is 234 g/mol. The fraction of sp³-hybridized carbons (Fsp3) is 0.154. The number of hydrogen-bond donors (Lipinski definition) is 1. The molecule has 0 saturated carbocycles. The van der Waals surface area contributed by atoms with Crippen LogP contribution in [-0.2, 0) is 6.42 Å². The molecule has 0 aliphatic rings. The third-order valence-corrected chi connectivity index (χ3v) is 2.60. The Morgan fingerprint density at radius 2 is 1.82 bits per heavy atom. The van der Waals surface area contributed by atoms with Crippen molar-refractivity contribution in [2.24, 2.45) is 5.73 Å². The second-order valence-corrected chi connectivity index (χ2v) is 3.80. The van der Waals surface area contributed by atoms with Gasteiger partial charge in [-0.1, -0.05) is 12.1 Å². The van der Waals surface area contributed by atoms with Crippen molar-refractivity contribution in [3.63, 3.8) is 0 Å². The lowest BCUT2D eigenvalue weighted by Crippen LogP contribution is -2.15. The minimum Gasteiger partial charge on any atom is -0.324 e. The van der Waals surface area contributed by atoms with Crippen LogP contribution in [0.4, 0.5) is 8.78 Å². The summed E-state index contributed by atoms with van der Waals surface area (Å²) in [6, 6.07) is 6.87. The van der Waals surface area contributed by atoms with Crippen molar-refractivity contribution in [2.75, 3.05) is 0 Å². The molecule has 1 heterocycles. The Morgan fingerprint density at radius 1 is 1.12 bits per heavy atom. The van der Waals surface area contributed by atoms with E-state index in [1.165, 1.54) is 18.2 Å². The normalized spacial score (nSPS) is 12.4. The minimum atomic E-state index is -0.565. The number of benzene rings is 1. The number of hydrogen-bond acceptors (Lipinski definition) is 2. The number of rotatable bonds is 3. The largest absolute Gasteiger partial charge is 0.324 e. The Hall–Kier alpha value is -1.81. The zero-order valence-electron chi connectivity index (χ0n) is 9.11. The predicted octanol–water partition coefficient (Wildman–Crippen LogP) is 2.60. The van der Waals surface area contributed by atoms with Crippen LogP contribution < -0.4 is 5.73 Å². The lowest BCUT2D eigenvalue weighted by atomic mass is 10.0. The minimum absolute atomic E-state index is 0.0175. The van der Waals surface area contributed by atoms with E-state index in [-0.39, 0.29) is 12.0 Å². The molecule has 0 saturated heterocycles. The Balaban J connectivity index is 2.22. The van der Waals surface area contributed by atoms with Crippen molar-refractivity contribution >= 4 is 0 Å². The Morgan fingerprint density at radius 3 is 2.41 bits per heavy atom. The number of aromatic nitrogens is 1. The molecule has 2 N–H and O–H groups in total. The molecule has 2 nitrogen and oxygen atoms in total. The first kappa shape index (κ1) is 11.7. The smallest absolute Gasteiger partial charge is 0.129 e. The molecule has 17 heavy (non-hydrogen) atoms. The van der Waals surface area contributed by atoms with E-state index in [4.69, 9.17) is 5.73 Å². The Kier molecular flexibility index (Phi) is 3.44. The number of nitrogens with zero attached hydrogens (tertiary/aromatic N) is 1. The summed E-state index contributed by atoms with van der Waals surface area (Å²) in [6.07, 6.45) is 3.34. The maximum atomic E-state index is 13.4. The summed E-state index contributed by atoms with van der Waals surface area (Å²) >= 11 is 0. The SMILES string of the molecule is NC(Cc1c(F)cccc1F)c1cccnc1. The molecule has 88 valence electrons. The zero-order chi connectivity index (χ0) is 12.3. The third kappa shape index (κ3) is 2.65. The molecule has 4 heteroatoms. The highest BCUT2D eigenvalue weighted by Crippen LogP contribution is 2.19. The maximum absolute atomic E-state index is 13.4. The zero-order valence-corrected chi connectivity index (χ0v) is 9.11. The molecule has 1 unspecified atom stereocenters. The van der Waals surface area contributed by atoms with Crippen molar-refractivity contribution in [3.05, 3.63) is 65.5 Å². The van der Waals surface area contributed by atoms with Gasteiger partial charge in [0, 0.05) is 24.0 Å². The van der Waals surface area contributed by atoms with E-state index in [0.717, 1.165) is 5.56 Å². The van der Waals surface area contributed by atoms with Crippen LogP contribution in [0.5, 0.6) is 0 Å². The first-order chi connectivity index (χ1) is 8.18. The fourth-order valence-electron chi connectivity index (χ4n) is 1.66. The van der Waals surface area contributed by atoms with Crippen LogP contribution in [0.3, 0.4) is 0 Å². The van der Waals surface area contributed by atoms with Gasteiger partial charge in [-0.25, -0.2) is 8.78 Å². The van der Waals surface area contributed by atoms with Gasteiger partial charge in [-0.3, -0.25) is 4.98 Å². The Labute approximate surface area is 98.1 Å². The van der Waals surface area contributed by atoms with E-state index < -0.39 is 17.7 Å². The van der Waals surface area contributed by atoms with Crippen LogP contribution in [0.15, 0.2) is 42.7 Å². The van der Waals surface area contributed by atoms with Gasteiger partial charge in [0.2, 0.25) is 0 Å². The number of pyridine rings is 1. The number of nitrogens with two attached hydrogens (primary N) is 1. The summed E-state index contributed by atoms with van der Waals surface area (Å²) in [5.74, 6) is -1.13. The molecule has 1 atom stereocenters. The molecule has 2 aromatic rings. The highest BCUT2D eigenvalue weighted by molar-refractivity contribution is 5.24. The molecular weight excluding hydrogens is 222 g/mol. The lowest BCUT2D eigenvalue weighted by Gasteiger charge is -2.12. The van der Waals surface area contributed by atoms with Gasteiger partial charge in [0.15, 0.2) is 0 Å². The van der Waals surface area contributed by atoms with E-state index in [1.807, 2.05) is 0 Å². The predicted molar refractivity (Wildman–Crippen MR) is 61.2 cm³/mol. The van der Waals surface area contributed by atoms with Crippen LogP contribution in [0.25, 0.3) is 0 Å². The van der Waals surface area contributed by atoms with Crippen molar-refractivity contribution < 1.29 is 8.78 Å². The Bertz CT molecular complexity index is 480. The fourth-order valence-corrected chi connectivity index (χ4v) is 1.66. The summed E-state index contributed by atoms with van der Waals surface area (Å²) in [6.45, 7) is 0. The first-order valence-corrected chi connectivity index (χ1v) is 5.27. The second kappa shape index (κ2) is 5.01. The van der Waals surface area contributed by atoms with Gasteiger partial charge in [-0.05, 0) is 30.2 Å². The van der Waals surface area contributed by atoms with E-state index in [9.17, 15) is 8.78 Å². The van der Waals surface area contributed by atoms with Crippen molar-refractivity contribution in [1.82, 2.24) is 4.98 Å². The third-order valence-electron chi connectivity index (χ3n) is 2.60. The molecule has 0 spiro atoms. The topological polar surface area (TPSA) is 38.9 Å². The van der Waals surface area contributed by atoms with Crippen LogP contribution in [0.2, 0.25) is 0 Å². The van der Waals surface area contributed by atoms with E-state index in [1.54, 1.807) is 24.5 Å². The van der Waals surface area contributed by atoms with Crippen molar-refractivity contribution in [1.29, 1.82) is 0 Å². The molecule has 0 radical (unpaired) electrons. The average Bonchev–Trinajstić information content (AvgIpc) is 2.35. The van der Waals surface area contributed by atoms with E-state index >= 15 is 0 Å². The van der Waals surface area contributed by atoms with Gasteiger partial charge in [0.25, 0.3) is 0 Å². The van der Waals surface area contributed by atoms with Crippen molar-refractivity contribution in [2.45, 2.75) is 12.5 Å². The van der Waals surface area contributed by atoms with Gasteiger partial charge in [-0.2, -0.15) is 0 Å². The van der Waals surface area contributed by atoms with Crippen molar-refractivity contribution in [3.8, 4) is 0 Å². The quantitative estimate of drug-likeness (QED) is 0.886. The standard InChI is InChI=1S/C13H12F2N2/c14-11-4-1-5-12(15)10(11)7-13(16)9-3-2-6-17-8-9/h1-6,8,13H,7,16H2. The lowest BCUT2D eigenvalue weighted by molar-refractivity contribution is 0.539. The molecule has 0 amide bonds. The van der Waals surface area contributed by atoms with Gasteiger partial charge in [0.05, 0.1) is 0 Å². The molecule has 0 bridgehead atoms. The van der Waals surface area contributed by atoms with Crippen LogP contribution in [-0.4, -0.2) is 4.98 Å². The van der Waals surface area contributed by atoms with Gasteiger partial charge < -0.3 is 5.73 Å². The summed E-state index contributed by atoms with van der Waals surface area (Å²) in [4.78, 5) is 3.92. The van der Waals surface area contributed by atoms with Gasteiger partial charge in [0.1, 0.15) is 11.6 Å². The first-order valence-electron chi connectivity index (χ1n) is 5.27. The molecule has 0 aliphatic carbocycles. The molecule has 1 aromatic heterocycles. The van der Waals surface area contributed by atoms with Crippen LogP contribution >= 0.6 is 0 Å². The molecule has 2 rings (SSSR count). The van der Waals surface area contributed by atoms with Gasteiger partial charge in [-0.15, -0.1) is 0 Å². The monoisotopic (exact) mass is 234 g/mol. The summed E-state index contributed by atoms with van der Waals surface area (Å²) in [5, 5.41) is 0. The summed E-state index contributed by atoms with van der Waals surface area (Å²) in [7, 11) is 0. The molecular formula is C13H12F2N2. The second-order valence-electron chi connectivity index (χ2n) is 3.80. The van der Waals surface area contributed by atoms with E-state index in [0.29, 0.717) is 0 Å². The highest BCUT2D eigenvalue weighted by Gasteiger charge is 2.14. The van der Waals surface area contributed by atoms with E-state index in [2.05, 4.69) is 4.98 Å². The molecule has 0 fully saturated rings. The van der Waals surface area contributed by atoms with Crippen LogP contribution in [0.1, 0.15) is 17.2 Å². The summed E-state index contributed by atoms with van der Waals surface area (Å²) in [5.41, 5.74) is 6.67. The van der Waals surface area contributed by atoms with Crippen LogP contribution in [0, 0.1) is 11.6 Å². The van der Waals surface area contributed by atoms with Gasteiger partial charge >= 0.3 is 0 Å². The molecule has 0 aliphatic heterocycles. The summed E-state index contributed by atoms with van der Waals surface area (Å²) < 4.78 is 26.8. The molecule has 1 aromatic carbocycles. The highest BCUT2D eigenvalue weighted by atomic mass is 19.1. The maximum Gasteiger partial charge on any atom is 0.129 e.